The highest BCUT2D eigenvalue weighted by atomic mass is 28.4. The van der Waals surface area contributed by atoms with E-state index < -0.39 is 8.97 Å². The molecule has 0 aromatic heterocycles. The van der Waals surface area contributed by atoms with Gasteiger partial charge in [0.2, 0.25) is 0 Å². The third kappa shape index (κ3) is 6.80. The Morgan fingerprint density at radius 1 is 0.737 bits per heavy atom. The molecule has 0 aliphatic heterocycles. The molecule has 0 rings (SSSR count). The molecule has 0 N–H and O–H groups in total. The molecule has 0 heterocycles. The van der Waals surface area contributed by atoms with Crippen LogP contribution in [0.4, 0.5) is 0 Å². The lowest BCUT2D eigenvalue weighted by atomic mass is 10.5. The number of hydrogen-bond acceptors (Lipinski definition) is 6. The van der Waals surface area contributed by atoms with Gasteiger partial charge in [-0.3, -0.25) is 9.68 Å². The van der Waals surface area contributed by atoms with Gasteiger partial charge < -0.3 is 13.3 Å². The van der Waals surface area contributed by atoms with Crippen molar-refractivity contribution in [3.63, 3.8) is 0 Å². The maximum atomic E-state index is 5.74. The molecule has 0 aromatic carbocycles. The van der Waals surface area contributed by atoms with Crippen LogP contribution in [0.15, 0.2) is 0 Å². The molecule has 0 radical (unpaired) electrons. The topological polar surface area (TPSA) is 49.4 Å². The smallest absolute Gasteiger partial charge is 0.359 e. The molecular weight excluding hydrogens is 266 g/mol. The number of nitrogens with zero attached hydrogens (tertiary/aromatic N) is 1. The van der Waals surface area contributed by atoms with Crippen molar-refractivity contribution in [1.29, 1.82) is 0 Å². The lowest BCUT2D eigenvalue weighted by Crippen LogP contribution is -2.62. The Bertz CT molecular complexity index is 201. The second-order valence-electron chi connectivity index (χ2n) is 4.39. The van der Waals surface area contributed by atoms with E-state index in [9.17, 15) is 0 Å². The largest absolute Gasteiger partial charge is 0.650 e. The van der Waals surface area contributed by atoms with Crippen LogP contribution in [0.3, 0.4) is 0 Å². The van der Waals surface area contributed by atoms with E-state index >= 15 is 0 Å². The van der Waals surface area contributed by atoms with Gasteiger partial charge in [0, 0.05) is 19.8 Å². The molecule has 19 heavy (non-hydrogen) atoms. The minimum absolute atomic E-state index is 0.0630. The predicted octanol–water partition coefficient (Wildman–Crippen LogP) is 2.51. The standard InChI is InChI=1S/C12H29NO5Si/c1-8-14-19(15-9-2,16-10-3)13(17-11(4)5)18-12(6)7/h11-12H,8-10H2,1-7H3. The lowest BCUT2D eigenvalue weighted by molar-refractivity contribution is -0.372. The maximum Gasteiger partial charge on any atom is 0.650 e. The van der Waals surface area contributed by atoms with Crippen molar-refractivity contribution >= 4 is 8.97 Å². The molecule has 0 spiro atoms. The van der Waals surface area contributed by atoms with Crippen molar-refractivity contribution in [1.82, 2.24) is 4.89 Å². The van der Waals surface area contributed by atoms with Gasteiger partial charge in [-0.1, -0.05) is 0 Å². The predicted molar refractivity (Wildman–Crippen MR) is 74.9 cm³/mol. The molecule has 0 fully saturated rings. The molecule has 0 atom stereocenters. The van der Waals surface area contributed by atoms with Gasteiger partial charge in [-0.25, -0.2) is 0 Å². The van der Waals surface area contributed by atoms with Gasteiger partial charge >= 0.3 is 8.97 Å². The Hall–Kier alpha value is -0.0231. The third-order valence-electron chi connectivity index (χ3n) is 1.82. The summed E-state index contributed by atoms with van der Waals surface area (Å²) in [6.07, 6.45) is -0.126. The zero-order valence-electron chi connectivity index (χ0n) is 13.3. The average molecular weight is 295 g/mol. The zero-order chi connectivity index (χ0) is 14.9. The van der Waals surface area contributed by atoms with Gasteiger partial charge in [0.15, 0.2) is 0 Å². The maximum absolute atomic E-state index is 5.74. The van der Waals surface area contributed by atoms with Crippen molar-refractivity contribution in [2.45, 2.75) is 60.7 Å². The Balaban J connectivity index is 5.14. The van der Waals surface area contributed by atoms with Gasteiger partial charge in [0.25, 0.3) is 0 Å². The molecule has 0 aliphatic carbocycles. The van der Waals surface area contributed by atoms with E-state index in [2.05, 4.69) is 0 Å². The molecule has 0 saturated carbocycles. The van der Waals surface area contributed by atoms with Crippen LogP contribution in [0.1, 0.15) is 48.5 Å². The van der Waals surface area contributed by atoms with E-state index in [1.807, 2.05) is 48.5 Å². The first-order chi connectivity index (χ1) is 8.91. The Labute approximate surface area is 118 Å². The van der Waals surface area contributed by atoms with Crippen molar-refractivity contribution in [2.24, 2.45) is 0 Å². The Morgan fingerprint density at radius 3 is 1.26 bits per heavy atom. The van der Waals surface area contributed by atoms with Crippen LogP contribution in [0.5, 0.6) is 0 Å². The molecular formula is C12H29NO5Si. The van der Waals surface area contributed by atoms with Crippen LogP contribution in [-0.2, 0) is 23.0 Å². The van der Waals surface area contributed by atoms with E-state index in [0.717, 1.165) is 0 Å². The van der Waals surface area contributed by atoms with Crippen LogP contribution >= 0.6 is 0 Å². The summed E-state index contributed by atoms with van der Waals surface area (Å²) in [4.78, 5) is 12.7. The van der Waals surface area contributed by atoms with Gasteiger partial charge in [0.05, 0.1) is 12.2 Å². The first kappa shape index (κ1) is 19.0. The molecule has 0 aliphatic rings. The molecule has 0 saturated heterocycles. The van der Waals surface area contributed by atoms with Crippen LogP contribution in [0.25, 0.3) is 0 Å². The summed E-state index contributed by atoms with van der Waals surface area (Å²) in [6, 6.07) is 0. The summed E-state index contributed by atoms with van der Waals surface area (Å²) in [5.41, 5.74) is 0. The summed E-state index contributed by atoms with van der Waals surface area (Å²) in [6.45, 7) is 14.7. The SMILES string of the molecule is CCO[Si](OCC)(OCC)N(OC(C)C)OC(C)C. The highest BCUT2D eigenvalue weighted by molar-refractivity contribution is 6.56. The summed E-state index contributed by atoms with van der Waals surface area (Å²) in [7, 11) is -3.16. The average Bonchev–Trinajstić information content (AvgIpc) is 2.27. The third-order valence-corrected chi connectivity index (χ3v) is 4.44. The second kappa shape index (κ2) is 9.81. The first-order valence-corrected chi connectivity index (χ1v) is 8.64. The van der Waals surface area contributed by atoms with Crippen LogP contribution in [-0.4, -0.2) is 45.9 Å². The van der Waals surface area contributed by atoms with Gasteiger partial charge in [-0.15, -0.1) is 0 Å². The molecule has 0 unspecified atom stereocenters. The quantitative estimate of drug-likeness (QED) is 0.431. The highest BCUT2D eigenvalue weighted by Crippen LogP contribution is 2.20. The van der Waals surface area contributed by atoms with Crippen molar-refractivity contribution < 1.29 is 23.0 Å². The second-order valence-corrected chi connectivity index (χ2v) is 6.67. The minimum Gasteiger partial charge on any atom is -0.359 e. The Kier molecular flexibility index (Phi) is 9.80. The molecule has 116 valence electrons. The molecule has 6 nitrogen and oxygen atoms in total. The molecule has 0 bridgehead atoms. The van der Waals surface area contributed by atoms with Gasteiger partial charge in [-0.05, 0) is 53.4 Å². The highest BCUT2D eigenvalue weighted by Gasteiger charge is 2.53. The van der Waals surface area contributed by atoms with Crippen molar-refractivity contribution in [2.75, 3.05) is 19.8 Å². The van der Waals surface area contributed by atoms with E-state index in [0.29, 0.717) is 19.8 Å². The fraction of sp³-hybridized carbons (Fsp3) is 1.00. The summed E-state index contributed by atoms with van der Waals surface area (Å²) >= 11 is 0. The van der Waals surface area contributed by atoms with Crippen LogP contribution < -0.4 is 0 Å². The van der Waals surface area contributed by atoms with E-state index in [1.165, 1.54) is 4.89 Å². The van der Waals surface area contributed by atoms with E-state index in [-0.39, 0.29) is 12.2 Å². The first-order valence-electron chi connectivity index (χ1n) is 6.97. The van der Waals surface area contributed by atoms with Crippen LogP contribution in [0.2, 0.25) is 0 Å². The summed E-state index contributed by atoms with van der Waals surface area (Å²) in [5, 5.41) is 0. The molecule has 0 amide bonds. The number of hydrogen-bond donors (Lipinski definition) is 0. The Morgan fingerprint density at radius 2 is 1.05 bits per heavy atom. The fourth-order valence-electron chi connectivity index (χ4n) is 1.37. The van der Waals surface area contributed by atoms with Crippen molar-refractivity contribution in [3.8, 4) is 0 Å². The zero-order valence-corrected chi connectivity index (χ0v) is 14.3. The normalized spacial score (nSPS) is 12.9. The minimum atomic E-state index is -3.16. The van der Waals surface area contributed by atoms with Crippen LogP contribution in [0, 0.1) is 0 Å². The summed E-state index contributed by atoms with van der Waals surface area (Å²) < 4.78 is 17.2. The number of rotatable bonds is 11. The summed E-state index contributed by atoms with van der Waals surface area (Å²) in [5.74, 6) is 0. The molecule has 0 aromatic rings. The molecule has 7 heteroatoms. The van der Waals surface area contributed by atoms with Crippen molar-refractivity contribution in [3.05, 3.63) is 0 Å². The van der Waals surface area contributed by atoms with Gasteiger partial charge in [0.1, 0.15) is 0 Å². The van der Waals surface area contributed by atoms with E-state index in [4.69, 9.17) is 23.0 Å². The van der Waals surface area contributed by atoms with Gasteiger partial charge in [-0.2, -0.15) is 0 Å². The monoisotopic (exact) mass is 295 g/mol. The lowest BCUT2D eigenvalue weighted by Gasteiger charge is -2.36. The van der Waals surface area contributed by atoms with E-state index in [1.54, 1.807) is 0 Å². The fourth-order valence-corrected chi connectivity index (χ4v) is 3.71.